The summed E-state index contributed by atoms with van der Waals surface area (Å²) >= 11 is 0. The van der Waals surface area contributed by atoms with Crippen LogP contribution in [0.2, 0.25) is 0 Å². The summed E-state index contributed by atoms with van der Waals surface area (Å²) < 4.78 is 10.6. The molecule has 0 radical (unpaired) electrons. The average molecular weight is 907 g/mol. The lowest BCUT2D eigenvalue weighted by Crippen LogP contribution is -2.66. The van der Waals surface area contributed by atoms with Crippen molar-refractivity contribution < 1.29 is 0 Å². The van der Waals surface area contributed by atoms with Gasteiger partial charge in [0.15, 0.2) is 0 Å². The molecule has 8 heterocycles. The highest BCUT2D eigenvalue weighted by Gasteiger charge is 2.49. The first-order chi connectivity index (χ1) is 35.8. The van der Waals surface area contributed by atoms with E-state index in [0.717, 1.165) is 5.69 Å². The molecule has 326 valence electrons. The van der Waals surface area contributed by atoms with Crippen LogP contribution in [0.5, 0.6) is 0 Å². The second kappa shape index (κ2) is 12.6. The fourth-order valence-electron chi connectivity index (χ4n) is 14.9. The van der Waals surface area contributed by atoms with Crippen LogP contribution >= 0.6 is 0 Å². The first kappa shape index (κ1) is 36.7. The van der Waals surface area contributed by atoms with Gasteiger partial charge in [-0.1, -0.05) is 176 Å². The predicted octanol–water partition coefficient (Wildman–Crippen LogP) is 11.7. The van der Waals surface area contributed by atoms with E-state index in [0.29, 0.717) is 0 Å². The Balaban J connectivity index is 0.983. The van der Waals surface area contributed by atoms with Crippen molar-refractivity contribution in [3.8, 4) is 45.0 Å². The van der Waals surface area contributed by atoms with Crippen molar-refractivity contribution >= 4 is 133 Å². The lowest BCUT2D eigenvalue weighted by Gasteiger charge is -2.41. The summed E-state index contributed by atoms with van der Waals surface area (Å²) in [6.45, 7) is 0.0935. The van der Waals surface area contributed by atoms with Gasteiger partial charge in [-0.25, -0.2) is 0 Å². The summed E-state index contributed by atoms with van der Waals surface area (Å²) in [5.74, 6) is 0. The van der Waals surface area contributed by atoms with E-state index in [1.807, 2.05) is 0 Å². The highest BCUT2D eigenvalue weighted by Crippen LogP contribution is 2.46. The van der Waals surface area contributed by atoms with Crippen LogP contribution < -0.4 is 32.8 Å². The summed E-state index contributed by atoms with van der Waals surface area (Å²) in [6.07, 6.45) is 0. The van der Waals surface area contributed by atoms with Crippen molar-refractivity contribution in [2.24, 2.45) is 0 Å². The first-order valence-corrected chi connectivity index (χ1v) is 25.3. The second-order valence-electron chi connectivity index (χ2n) is 20.7. The number of aromatic nitrogens is 4. The SMILES string of the molecule is c1ccc(-c2cccc(-c3cccc(-n4c5ccccc5c5cc6c7c(c8ccccc8n7-c7cc8c9c%10c7B6c6cccc7c%11cccc(c%11n-%10c67)B9c6cccc7c9ccccc9n-8c67)c54)c3)c2)cc1. The molecule has 0 fully saturated rings. The molecule has 19 rings (SSSR count). The van der Waals surface area contributed by atoms with Crippen molar-refractivity contribution in [3.05, 3.63) is 218 Å². The minimum atomic E-state index is 0.00708. The van der Waals surface area contributed by atoms with Crippen LogP contribution in [0.15, 0.2) is 218 Å². The number of rotatable bonds is 3. The third-order valence-electron chi connectivity index (χ3n) is 17.5. The zero-order chi connectivity index (χ0) is 46.2. The van der Waals surface area contributed by atoms with Gasteiger partial charge in [0.2, 0.25) is 0 Å². The predicted molar refractivity (Wildman–Crippen MR) is 304 cm³/mol. The molecule has 0 aliphatic carbocycles. The number of hydrogen-bond acceptors (Lipinski definition) is 0. The molecular weight excluding hydrogens is 870 g/mol. The van der Waals surface area contributed by atoms with E-state index in [9.17, 15) is 0 Å². The fourth-order valence-corrected chi connectivity index (χ4v) is 14.9. The van der Waals surface area contributed by atoms with Crippen LogP contribution in [-0.4, -0.2) is 31.7 Å². The second-order valence-corrected chi connectivity index (χ2v) is 20.7. The van der Waals surface area contributed by atoms with Gasteiger partial charge in [-0.3, -0.25) is 0 Å². The molecule has 0 spiro atoms. The maximum absolute atomic E-state index is 2.72. The lowest BCUT2D eigenvalue weighted by molar-refractivity contribution is 1.11. The Morgan fingerprint density at radius 1 is 0.264 bits per heavy atom. The van der Waals surface area contributed by atoms with E-state index in [4.69, 9.17) is 0 Å². The van der Waals surface area contributed by atoms with Crippen molar-refractivity contribution in [2.45, 2.75) is 0 Å². The van der Waals surface area contributed by atoms with Gasteiger partial charge in [-0.05, 0) is 97.5 Å². The Hall–Kier alpha value is -9.25. The Bertz CT molecular complexity index is 5060. The zero-order valence-corrected chi connectivity index (χ0v) is 38.7. The quantitative estimate of drug-likeness (QED) is 0.157. The van der Waals surface area contributed by atoms with Crippen molar-refractivity contribution in [2.75, 3.05) is 0 Å². The van der Waals surface area contributed by atoms with Gasteiger partial charge in [-0.2, -0.15) is 0 Å². The van der Waals surface area contributed by atoms with E-state index < -0.39 is 0 Å². The lowest BCUT2D eigenvalue weighted by atomic mass is 9.30. The zero-order valence-electron chi connectivity index (χ0n) is 38.7. The van der Waals surface area contributed by atoms with Crippen molar-refractivity contribution in [3.63, 3.8) is 0 Å². The fraction of sp³-hybridized carbons (Fsp3) is 0. The van der Waals surface area contributed by atoms with E-state index in [2.05, 4.69) is 237 Å². The van der Waals surface area contributed by atoms with Gasteiger partial charge >= 0.3 is 0 Å². The summed E-state index contributed by atoms with van der Waals surface area (Å²) in [7, 11) is 0. The molecule has 0 bridgehead atoms. The summed E-state index contributed by atoms with van der Waals surface area (Å²) in [6, 6.07) is 82.9. The van der Waals surface area contributed by atoms with Crippen LogP contribution in [0.3, 0.4) is 0 Å². The summed E-state index contributed by atoms with van der Waals surface area (Å²) in [5, 5.41) is 10.4. The molecule has 0 saturated heterocycles. The number of nitrogens with zero attached hydrogens (tertiary/aromatic N) is 4. The highest BCUT2D eigenvalue weighted by molar-refractivity contribution is 7.04. The monoisotopic (exact) mass is 906 g/mol. The van der Waals surface area contributed by atoms with Crippen molar-refractivity contribution in [1.29, 1.82) is 0 Å². The molecule has 0 N–H and O–H groups in total. The number of para-hydroxylation sites is 6. The van der Waals surface area contributed by atoms with Crippen LogP contribution in [0, 0.1) is 0 Å². The molecule has 72 heavy (non-hydrogen) atoms. The molecule has 4 nitrogen and oxygen atoms in total. The molecule has 15 aromatic rings. The molecule has 0 atom stereocenters. The van der Waals surface area contributed by atoms with Gasteiger partial charge in [0.1, 0.15) is 0 Å². The third-order valence-corrected chi connectivity index (χ3v) is 17.5. The Morgan fingerprint density at radius 3 is 1.40 bits per heavy atom. The molecule has 0 unspecified atom stereocenters. The van der Waals surface area contributed by atoms with Gasteiger partial charge in [-0.15, -0.1) is 0 Å². The average Bonchev–Trinajstić information content (AvgIpc) is 4.18. The Kier molecular flexibility index (Phi) is 6.40. The maximum Gasteiger partial charge on any atom is 0.252 e. The topological polar surface area (TPSA) is 19.7 Å². The third kappa shape index (κ3) is 4.11. The van der Waals surface area contributed by atoms with Gasteiger partial charge < -0.3 is 18.3 Å². The van der Waals surface area contributed by atoms with Crippen molar-refractivity contribution in [1.82, 2.24) is 18.3 Å². The molecule has 6 heteroatoms. The molecule has 4 aliphatic rings. The van der Waals surface area contributed by atoms with Crippen LogP contribution in [0.1, 0.15) is 0 Å². The molecule has 0 amide bonds. The molecule has 4 aromatic heterocycles. The van der Waals surface area contributed by atoms with Gasteiger partial charge in [0.05, 0.1) is 27.6 Å². The normalized spacial score (nSPS) is 13.5. The minimum absolute atomic E-state index is 0.00708. The summed E-state index contributed by atoms with van der Waals surface area (Å²) in [4.78, 5) is 0. The van der Waals surface area contributed by atoms with E-state index >= 15 is 0 Å². The minimum Gasteiger partial charge on any atom is -0.311 e. The smallest absolute Gasteiger partial charge is 0.252 e. The molecule has 11 aromatic carbocycles. The molecule has 0 saturated carbocycles. The first-order valence-electron chi connectivity index (χ1n) is 25.3. The van der Waals surface area contributed by atoms with Crippen LogP contribution in [0.25, 0.3) is 132 Å². The van der Waals surface area contributed by atoms with Gasteiger partial charge in [0.25, 0.3) is 13.4 Å². The van der Waals surface area contributed by atoms with E-state index in [1.165, 1.54) is 159 Å². The van der Waals surface area contributed by atoms with E-state index in [-0.39, 0.29) is 13.4 Å². The largest absolute Gasteiger partial charge is 0.311 e. The Labute approximate surface area is 413 Å². The number of benzene rings is 11. The highest BCUT2D eigenvalue weighted by atomic mass is 15.1. The number of fused-ring (bicyclic) bond motifs is 17. The molecule has 4 aliphatic heterocycles. The summed E-state index contributed by atoms with van der Waals surface area (Å²) in [5.41, 5.74) is 28.7. The Morgan fingerprint density at radius 2 is 0.722 bits per heavy atom. The maximum atomic E-state index is 2.72. The van der Waals surface area contributed by atoms with Crippen LogP contribution in [0.4, 0.5) is 0 Å². The van der Waals surface area contributed by atoms with E-state index in [1.54, 1.807) is 0 Å². The van der Waals surface area contributed by atoms with Crippen LogP contribution in [-0.2, 0) is 0 Å². The van der Waals surface area contributed by atoms with Gasteiger partial charge in [0, 0.05) is 82.4 Å². The standard InChI is InChI=1S/C66H36B2N4/c1-2-15-37(16-3-1)38-17-10-18-39(33-38)40-19-11-20-41(34-40)69-53-30-7-5-22-43(53)48-35-52-65-58(64(48)69)47-23-6-9-32-55(47)71(65)57-36-56-59-66-60(57)68(52)51-29-14-26-46-45-25-13-28-50(62(45)72(66)63(46)51)67(59)49-27-12-24-44-42-21-4-8-31-54(42)70(56)61(44)49/h1-36H. The number of hydrogen-bond donors (Lipinski definition) is 0. The molecular formula is C66H36B2N4.